The van der Waals surface area contributed by atoms with Gasteiger partial charge in [-0.3, -0.25) is 4.79 Å². The lowest BCUT2D eigenvalue weighted by atomic mass is 9.86. The monoisotopic (exact) mass is 303 g/mol. The van der Waals surface area contributed by atoms with Gasteiger partial charge in [-0.15, -0.1) is 0 Å². The van der Waals surface area contributed by atoms with Crippen LogP contribution in [0.2, 0.25) is 0 Å². The molecule has 120 valence electrons. The summed E-state index contributed by atoms with van der Waals surface area (Å²) in [6.07, 6.45) is 8.04. The maximum atomic E-state index is 12.0. The van der Waals surface area contributed by atoms with Crippen LogP contribution in [0.5, 0.6) is 0 Å². The average molecular weight is 303 g/mol. The first kappa shape index (κ1) is 16.5. The summed E-state index contributed by atoms with van der Waals surface area (Å²) in [6, 6.07) is 6.83. The van der Waals surface area contributed by atoms with Crippen LogP contribution >= 0.6 is 0 Å². The summed E-state index contributed by atoms with van der Waals surface area (Å²) < 4.78 is 4.93. The van der Waals surface area contributed by atoms with E-state index in [9.17, 15) is 9.59 Å². The molecular weight excluding hydrogens is 278 g/mol. The van der Waals surface area contributed by atoms with Crippen LogP contribution in [0.3, 0.4) is 0 Å². The van der Waals surface area contributed by atoms with Gasteiger partial charge in [0.2, 0.25) is 5.91 Å². The fourth-order valence-electron chi connectivity index (χ4n) is 2.94. The second-order valence-corrected chi connectivity index (χ2v) is 5.89. The largest absolute Gasteiger partial charge is 0.462 e. The topological polar surface area (TPSA) is 55.4 Å². The number of carbonyl (C=O) groups excluding carboxylic acids is 2. The number of anilines is 1. The van der Waals surface area contributed by atoms with E-state index in [1.165, 1.54) is 32.1 Å². The molecule has 2 rings (SSSR count). The lowest BCUT2D eigenvalue weighted by Crippen LogP contribution is -2.15. The number of amides is 1. The summed E-state index contributed by atoms with van der Waals surface area (Å²) in [5, 5.41) is 2.89. The van der Waals surface area contributed by atoms with Crippen molar-refractivity contribution in [2.45, 2.75) is 51.9 Å². The molecule has 1 aliphatic rings. The Morgan fingerprint density at radius 3 is 2.45 bits per heavy atom. The van der Waals surface area contributed by atoms with Crippen LogP contribution in [-0.4, -0.2) is 18.5 Å². The van der Waals surface area contributed by atoms with Crippen molar-refractivity contribution in [1.29, 1.82) is 0 Å². The second-order valence-electron chi connectivity index (χ2n) is 5.89. The summed E-state index contributed by atoms with van der Waals surface area (Å²) >= 11 is 0. The zero-order chi connectivity index (χ0) is 15.8. The van der Waals surface area contributed by atoms with Gasteiger partial charge >= 0.3 is 5.97 Å². The van der Waals surface area contributed by atoms with E-state index in [0.717, 1.165) is 12.1 Å². The molecule has 0 atom stereocenters. The molecule has 0 aliphatic heterocycles. The van der Waals surface area contributed by atoms with Crippen LogP contribution < -0.4 is 5.32 Å². The van der Waals surface area contributed by atoms with Gasteiger partial charge in [0, 0.05) is 12.1 Å². The molecule has 4 heteroatoms. The highest BCUT2D eigenvalue weighted by atomic mass is 16.5. The standard InChI is InChI=1S/C18H25NO3/c1-2-22-18(21)15-9-11-16(12-10-15)19-17(20)13-8-14-6-4-3-5-7-14/h9-12,14H,2-8,13H2,1H3,(H,19,20). The first-order valence-corrected chi connectivity index (χ1v) is 8.26. The smallest absolute Gasteiger partial charge is 0.338 e. The van der Waals surface area contributed by atoms with E-state index in [1.54, 1.807) is 31.2 Å². The van der Waals surface area contributed by atoms with Crippen molar-refractivity contribution in [3.05, 3.63) is 29.8 Å². The van der Waals surface area contributed by atoms with Gasteiger partial charge in [0.15, 0.2) is 0 Å². The minimum absolute atomic E-state index is 0.0504. The van der Waals surface area contributed by atoms with Crippen molar-refractivity contribution in [2.24, 2.45) is 5.92 Å². The lowest BCUT2D eigenvalue weighted by Gasteiger charge is -2.21. The van der Waals surface area contributed by atoms with Crippen molar-refractivity contribution in [3.8, 4) is 0 Å². The first-order valence-electron chi connectivity index (χ1n) is 8.26. The Labute approximate surface area is 132 Å². The highest BCUT2D eigenvalue weighted by Gasteiger charge is 2.15. The SMILES string of the molecule is CCOC(=O)c1ccc(NC(=O)CCC2CCCCC2)cc1. The van der Waals surface area contributed by atoms with E-state index in [1.807, 2.05) is 0 Å². The van der Waals surface area contributed by atoms with Gasteiger partial charge in [-0.05, 0) is 43.5 Å². The fourth-order valence-corrected chi connectivity index (χ4v) is 2.94. The quantitative estimate of drug-likeness (QED) is 0.803. The number of carbonyl (C=O) groups is 2. The summed E-state index contributed by atoms with van der Waals surface area (Å²) in [7, 11) is 0. The molecule has 22 heavy (non-hydrogen) atoms. The summed E-state index contributed by atoms with van der Waals surface area (Å²) in [4.78, 5) is 23.5. The van der Waals surface area contributed by atoms with Crippen molar-refractivity contribution in [1.82, 2.24) is 0 Å². The molecule has 1 fully saturated rings. The van der Waals surface area contributed by atoms with E-state index in [2.05, 4.69) is 5.32 Å². The summed E-state index contributed by atoms with van der Waals surface area (Å²) in [6.45, 7) is 2.14. The van der Waals surface area contributed by atoms with Crippen LogP contribution in [0.15, 0.2) is 24.3 Å². The number of esters is 1. The number of rotatable bonds is 6. The summed E-state index contributed by atoms with van der Waals surface area (Å²) in [5.74, 6) is 0.429. The van der Waals surface area contributed by atoms with Gasteiger partial charge in [-0.2, -0.15) is 0 Å². The van der Waals surface area contributed by atoms with E-state index in [0.29, 0.717) is 24.5 Å². The number of hydrogen-bond acceptors (Lipinski definition) is 3. The van der Waals surface area contributed by atoms with Crippen LogP contribution in [0.4, 0.5) is 5.69 Å². The molecule has 0 bridgehead atoms. The van der Waals surface area contributed by atoms with Gasteiger partial charge in [0.05, 0.1) is 12.2 Å². The predicted molar refractivity (Wildman–Crippen MR) is 86.8 cm³/mol. The third-order valence-corrected chi connectivity index (χ3v) is 4.18. The molecule has 1 aliphatic carbocycles. The van der Waals surface area contributed by atoms with Crippen molar-refractivity contribution >= 4 is 17.6 Å². The van der Waals surface area contributed by atoms with Gasteiger partial charge in [-0.25, -0.2) is 4.79 Å². The second kappa shape index (κ2) is 8.57. The highest BCUT2D eigenvalue weighted by Crippen LogP contribution is 2.27. The molecule has 0 spiro atoms. The maximum absolute atomic E-state index is 12.0. The first-order chi connectivity index (χ1) is 10.7. The van der Waals surface area contributed by atoms with E-state index in [-0.39, 0.29) is 11.9 Å². The molecule has 0 unspecified atom stereocenters. The van der Waals surface area contributed by atoms with Crippen molar-refractivity contribution in [2.75, 3.05) is 11.9 Å². The lowest BCUT2D eigenvalue weighted by molar-refractivity contribution is -0.116. The zero-order valence-corrected chi connectivity index (χ0v) is 13.3. The number of ether oxygens (including phenoxy) is 1. The average Bonchev–Trinajstić information content (AvgIpc) is 2.55. The Kier molecular flexibility index (Phi) is 6.44. The molecule has 0 radical (unpaired) electrons. The van der Waals surface area contributed by atoms with Gasteiger partial charge in [-0.1, -0.05) is 32.1 Å². The van der Waals surface area contributed by atoms with Crippen molar-refractivity contribution in [3.63, 3.8) is 0 Å². The normalized spacial score (nSPS) is 15.3. The molecule has 1 aromatic carbocycles. The Bertz CT molecular complexity index is 490. The van der Waals surface area contributed by atoms with E-state index in [4.69, 9.17) is 4.74 Å². The molecule has 1 N–H and O–H groups in total. The van der Waals surface area contributed by atoms with Crippen LogP contribution in [0.25, 0.3) is 0 Å². The van der Waals surface area contributed by atoms with E-state index >= 15 is 0 Å². The van der Waals surface area contributed by atoms with E-state index < -0.39 is 0 Å². The summed E-state index contributed by atoms with van der Waals surface area (Å²) in [5.41, 5.74) is 1.23. The van der Waals surface area contributed by atoms with Crippen LogP contribution in [0, 0.1) is 5.92 Å². The molecule has 1 amide bonds. The Balaban J connectivity index is 1.77. The van der Waals surface area contributed by atoms with Crippen LogP contribution in [0.1, 0.15) is 62.2 Å². The molecule has 0 aromatic heterocycles. The Morgan fingerprint density at radius 2 is 1.82 bits per heavy atom. The molecule has 4 nitrogen and oxygen atoms in total. The molecule has 0 heterocycles. The highest BCUT2D eigenvalue weighted by molar-refractivity contribution is 5.93. The predicted octanol–water partition coefficient (Wildman–Crippen LogP) is 4.16. The Hall–Kier alpha value is -1.84. The minimum atomic E-state index is -0.335. The zero-order valence-electron chi connectivity index (χ0n) is 13.3. The van der Waals surface area contributed by atoms with Gasteiger partial charge < -0.3 is 10.1 Å². The van der Waals surface area contributed by atoms with Crippen molar-refractivity contribution < 1.29 is 14.3 Å². The van der Waals surface area contributed by atoms with Crippen LogP contribution in [-0.2, 0) is 9.53 Å². The minimum Gasteiger partial charge on any atom is -0.462 e. The molecule has 0 saturated heterocycles. The third kappa shape index (κ3) is 5.17. The maximum Gasteiger partial charge on any atom is 0.338 e. The Morgan fingerprint density at radius 1 is 1.14 bits per heavy atom. The third-order valence-electron chi connectivity index (χ3n) is 4.18. The fraction of sp³-hybridized carbons (Fsp3) is 0.556. The molecule has 1 aromatic rings. The number of benzene rings is 1. The molecular formula is C18H25NO3. The molecule has 1 saturated carbocycles. The van der Waals surface area contributed by atoms with Gasteiger partial charge in [0.1, 0.15) is 0 Å². The number of hydrogen-bond donors (Lipinski definition) is 1. The number of nitrogens with one attached hydrogen (secondary N) is 1. The van der Waals surface area contributed by atoms with Gasteiger partial charge in [0.25, 0.3) is 0 Å².